The fourth-order valence-corrected chi connectivity index (χ4v) is 3.16. The Balaban J connectivity index is 2.05. The molecule has 1 aliphatic heterocycles. The summed E-state index contributed by atoms with van der Waals surface area (Å²) in [5, 5.41) is 10.7. The Hall–Kier alpha value is -1.20. The lowest BCUT2D eigenvalue weighted by atomic mass is 9.98. The minimum atomic E-state index is -0.830. The lowest BCUT2D eigenvalue weighted by Crippen LogP contribution is -2.38. The predicted octanol–water partition coefficient (Wildman–Crippen LogP) is 4.12. The first-order valence-electron chi connectivity index (χ1n) is 6.46. The molecule has 1 N–H and O–H groups in total. The monoisotopic (exact) mass is 312 g/mol. The Morgan fingerprint density at radius 1 is 1.35 bits per heavy atom. The van der Waals surface area contributed by atoms with E-state index in [0.29, 0.717) is 24.0 Å². The molecule has 4 nitrogen and oxygen atoms in total. The number of carbonyl (C=O) groups is 1. The van der Waals surface area contributed by atoms with Gasteiger partial charge in [-0.25, -0.2) is 9.79 Å². The summed E-state index contributed by atoms with van der Waals surface area (Å²) in [6, 6.07) is 7.44. The van der Waals surface area contributed by atoms with E-state index in [1.54, 1.807) is 11.8 Å². The highest BCUT2D eigenvalue weighted by Crippen LogP contribution is 2.26. The zero-order chi connectivity index (χ0) is 14.5. The van der Waals surface area contributed by atoms with E-state index in [-0.39, 0.29) is 0 Å². The number of rotatable bonds is 2. The molecular formula is C14H17ClN2O2S. The summed E-state index contributed by atoms with van der Waals surface area (Å²) in [4.78, 5) is 17.0. The lowest BCUT2D eigenvalue weighted by molar-refractivity contribution is 0.131. The summed E-state index contributed by atoms with van der Waals surface area (Å²) in [7, 11) is 0. The van der Waals surface area contributed by atoms with Crippen LogP contribution in [-0.4, -0.2) is 40.5 Å². The van der Waals surface area contributed by atoms with Crippen LogP contribution in [0.15, 0.2) is 29.3 Å². The number of amides is 1. The second-order valence-electron chi connectivity index (χ2n) is 4.67. The van der Waals surface area contributed by atoms with Crippen molar-refractivity contribution in [2.45, 2.75) is 12.8 Å². The third-order valence-electron chi connectivity index (χ3n) is 3.39. The van der Waals surface area contributed by atoms with Gasteiger partial charge in [0.05, 0.1) is 10.7 Å². The summed E-state index contributed by atoms with van der Waals surface area (Å²) in [5.41, 5.74) is 0.888. The first-order valence-corrected chi connectivity index (χ1v) is 8.06. The molecule has 1 heterocycles. The van der Waals surface area contributed by atoms with Crippen molar-refractivity contribution in [3.63, 3.8) is 0 Å². The number of likely N-dealkylation sites (tertiary alicyclic amines) is 1. The molecule has 1 aliphatic rings. The molecule has 1 amide bonds. The molecule has 0 aromatic heterocycles. The first-order chi connectivity index (χ1) is 9.60. The first kappa shape index (κ1) is 15.2. The molecule has 1 saturated heterocycles. The van der Waals surface area contributed by atoms with Crippen LogP contribution in [0, 0.1) is 5.92 Å². The predicted molar refractivity (Wildman–Crippen MR) is 84.4 cm³/mol. The smallest absolute Gasteiger partial charge is 0.407 e. The fraction of sp³-hybridized carbons (Fsp3) is 0.429. The Morgan fingerprint density at radius 3 is 2.45 bits per heavy atom. The molecule has 1 fully saturated rings. The number of thioether (sulfide) groups is 1. The molecule has 0 radical (unpaired) electrons. The topological polar surface area (TPSA) is 52.9 Å². The molecule has 2 rings (SSSR count). The van der Waals surface area contributed by atoms with Crippen molar-refractivity contribution >= 4 is 40.2 Å². The maximum Gasteiger partial charge on any atom is 0.407 e. The van der Waals surface area contributed by atoms with Gasteiger partial charge in [-0.15, -0.1) is 11.8 Å². The van der Waals surface area contributed by atoms with Gasteiger partial charge in [0.15, 0.2) is 0 Å². The number of aliphatic imine (C=N–C) groups is 1. The molecule has 0 bridgehead atoms. The Morgan fingerprint density at radius 2 is 1.95 bits per heavy atom. The Bertz CT molecular complexity index is 496. The molecule has 0 saturated carbocycles. The highest BCUT2D eigenvalue weighted by Gasteiger charge is 2.25. The minimum absolute atomic E-state index is 0.344. The number of hydrogen-bond acceptors (Lipinski definition) is 3. The lowest BCUT2D eigenvalue weighted by Gasteiger charge is -2.30. The largest absolute Gasteiger partial charge is 0.465 e. The zero-order valence-electron chi connectivity index (χ0n) is 11.3. The van der Waals surface area contributed by atoms with Crippen LogP contribution in [0.2, 0.25) is 5.02 Å². The van der Waals surface area contributed by atoms with Crippen molar-refractivity contribution in [3.8, 4) is 0 Å². The van der Waals surface area contributed by atoms with Crippen LogP contribution in [0.5, 0.6) is 0 Å². The van der Waals surface area contributed by atoms with E-state index in [4.69, 9.17) is 16.7 Å². The van der Waals surface area contributed by atoms with Crippen LogP contribution in [0.1, 0.15) is 12.8 Å². The second-order valence-corrected chi connectivity index (χ2v) is 5.94. The van der Waals surface area contributed by atoms with Gasteiger partial charge in [-0.05, 0) is 43.4 Å². The fourth-order valence-electron chi connectivity index (χ4n) is 2.26. The van der Waals surface area contributed by atoms with Gasteiger partial charge in [-0.2, -0.15) is 0 Å². The van der Waals surface area contributed by atoms with Crippen molar-refractivity contribution in [2.24, 2.45) is 10.9 Å². The van der Waals surface area contributed by atoms with E-state index in [1.807, 2.05) is 30.5 Å². The SMILES string of the molecule is CSC(=Nc1ccc(Cl)cc1)C1CCN(C(=O)O)CC1. The van der Waals surface area contributed by atoms with E-state index in [9.17, 15) is 4.79 Å². The van der Waals surface area contributed by atoms with Crippen LogP contribution in [0.25, 0.3) is 0 Å². The summed E-state index contributed by atoms with van der Waals surface area (Å²) in [6.07, 6.45) is 2.85. The van der Waals surface area contributed by atoms with Crippen molar-refractivity contribution in [1.82, 2.24) is 4.90 Å². The van der Waals surface area contributed by atoms with Crippen molar-refractivity contribution < 1.29 is 9.90 Å². The van der Waals surface area contributed by atoms with Crippen molar-refractivity contribution in [1.29, 1.82) is 0 Å². The number of benzene rings is 1. The van der Waals surface area contributed by atoms with Gasteiger partial charge in [0.1, 0.15) is 0 Å². The quantitative estimate of drug-likeness (QED) is 0.660. The van der Waals surface area contributed by atoms with Gasteiger partial charge < -0.3 is 10.0 Å². The average Bonchev–Trinajstić information content (AvgIpc) is 2.47. The maximum absolute atomic E-state index is 10.9. The van der Waals surface area contributed by atoms with Crippen LogP contribution in [0.4, 0.5) is 10.5 Å². The summed E-state index contributed by atoms with van der Waals surface area (Å²) >= 11 is 7.50. The molecule has 0 unspecified atom stereocenters. The summed E-state index contributed by atoms with van der Waals surface area (Å²) < 4.78 is 0. The molecule has 0 spiro atoms. The van der Waals surface area contributed by atoms with E-state index < -0.39 is 6.09 Å². The average molecular weight is 313 g/mol. The summed E-state index contributed by atoms with van der Waals surface area (Å²) in [5.74, 6) is 0.344. The minimum Gasteiger partial charge on any atom is -0.465 e. The Kier molecular flexibility index (Phi) is 5.31. The highest BCUT2D eigenvalue weighted by atomic mass is 35.5. The van der Waals surface area contributed by atoms with E-state index in [0.717, 1.165) is 23.6 Å². The van der Waals surface area contributed by atoms with Crippen LogP contribution < -0.4 is 0 Å². The maximum atomic E-state index is 10.9. The Labute approximate surface area is 127 Å². The van der Waals surface area contributed by atoms with E-state index in [2.05, 4.69) is 4.99 Å². The highest BCUT2D eigenvalue weighted by molar-refractivity contribution is 8.13. The third-order valence-corrected chi connectivity index (χ3v) is 4.48. The van der Waals surface area contributed by atoms with Crippen LogP contribution in [-0.2, 0) is 0 Å². The molecule has 1 aromatic rings. The zero-order valence-corrected chi connectivity index (χ0v) is 12.8. The molecule has 108 valence electrons. The third kappa shape index (κ3) is 3.90. The van der Waals surface area contributed by atoms with Crippen LogP contribution in [0.3, 0.4) is 0 Å². The van der Waals surface area contributed by atoms with Gasteiger partial charge in [0.2, 0.25) is 0 Å². The van der Waals surface area contributed by atoms with E-state index in [1.165, 1.54) is 4.90 Å². The van der Waals surface area contributed by atoms with Gasteiger partial charge >= 0.3 is 6.09 Å². The van der Waals surface area contributed by atoms with Crippen molar-refractivity contribution in [2.75, 3.05) is 19.3 Å². The van der Waals surface area contributed by atoms with E-state index >= 15 is 0 Å². The summed E-state index contributed by atoms with van der Waals surface area (Å²) in [6.45, 7) is 1.17. The molecule has 1 aromatic carbocycles. The van der Waals surface area contributed by atoms with Gasteiger partial charge in [0, 0.05) is 24.0 Å². The van der Waals surface area contributed by atoms with Gasteiger partial charge in [-0.1, -0.05) is 11.6 Å². The normalized spacial score (nSPS) is 17.3. The number of carboxylic acid groups (broad SMARTS) is 1. The van der Waals surface area contributed by atoms with Gasteiger partial charge in [-0.3, -0.25) is 0 Å². The van der Waals surface area contributed by atoms with Crippen molar-refractivity contribution in [3.05, 3.63) is 29.3 Å². The molecule has 0 aliphatic carbocycles. The molecule has 0 atom stereocenters. The number of hydrogen-bond donors (Lipinski definition) is 1. The number of nitrogens with zero attached hydrogens (tertiary/aromatic N) is 2. The number of halogens is 1. The molecule has 6 heteroatoms. The number of piperidine rings is 1. The second kappa shape index (κ2) is 6.99. The van der Waals surface area contributed by atoms with Gasteiger partial charge in [0.25, 0.3) is 0 Å². The molecular weight excluding hydrogens is 296 g/mol. The molecule has 20 heavy (non-hydrogen) atoms. The van der Waals surface area contributed by atoms with Crippen LogP contribution >= 0.6 is 23.4 Å². The standard InChI is InChI=1S/C14H17ClN2O2S/c1-20-13(16-12-4-2-11(15)3-5-12)10-6-8-17(9-7-10)14(18)19/h2-5,10H,6-9H2,1H3,(H,18,19).